The van der Waals surface area contributed by atoms with E-state index in [1.54, 1.807) is 41.3 Å². The Morgan fingerprint density at radius 2 is 1.72 bits per heavy atom. The molecule has 4 aromatic rings. The van der Waals surface area contributed by atoms with Crippen molar-refractivity contribution in [1.82, 2.24) is 20.6 Å². The fourth-order valence-corrected chi connectivity index (χ4v) is 6.32. The first-order chi connectivity index (χ1) is 22.2. The van der Waals surface area contributed by atoms with E-state index < -0.39 is 21.8 Å². The number of carbonyl (C=O) groups excluding carboxylic acids is 2. The van der Waals surface area contributed by atoms with Gasteiger partial charge >= 0.3 is 6.03 Å². The van der Waals surface area contributed by atoms with Crippen molar-refractivity contribution >= 4 is 39.1 Å². The first-order valence-corrected chi connectivity index (χ1v) is 17.4. The Labute approximate surface area is 268 Å². The molecule has 1 heterocycles. The number of urea groups is 1. The first kappa shape index (κ1) is 32.6. The third kappa shape index (κ3) is 8.47. The number of sulfone groups is 1. The largest absolute Gasteiger partial charge is 0.492 e. The van der Waals surface area contributed by atoms with Gasteiger partial charge in [0.15, 0.2) is 9.84 Å². The van der Waals surface area contributed by atoms with Crippen LogP contribution in [0.15, 0.2) is 71.6 Å². The quantitative estimate of drug-likeness (QED) is 0.151. The molecule has 1 saturated carbocycles. The van der Waals surface area contributed by atoms with Gasteiger partial charge in [0.05, 0.1) is 13.2 Å². The number of aromatic nitrogens is 4. The molecule has 3 amide bonds. The molecule has 13 heteroatoms. The van der Waals surface area contributed by atoms with E-state index in [0.717, 1.165) is 37.5 Å². The molecule has 0 unspecified atom stereocenters. The van der Waals surface area contributed by atoms with E-state index in [9.17, 15) is 18.0 Å². The van der Waals surface area contributed by atoms with Crippen molar-refractivity contribution in [2.24, 2.45) is 0 Å². The van der Waals surface area contributed by atoms with Crippen LogP contribution in [0.2, 0.25) is 0 Å². The molecule has 3 aromatic carbocycles. The molecule has 0 bridgehead atoms. The zero-order chi connectivity index (χ0) is 32.5. The summed E-state index contributed by atoms with van der Waals surface area (Å²) in [5, 5.41) is 18.6. The van der Waals surface area contributed by atoms with Crippen LogP contribution in [0.25, 0.3) is 0 Å². The molecule has 0 saturated heterocycles. The molecule has 242 valence electrons. The van der Waals surface area contributed by atoms with E-state index in [0.29, 0.717) is 29.5 Å². The minimum atomic E-state index is -3.63. The predicted molar refractivity (Wildman–Crippen MR) is 176 cm³/mol. The number of nitrogens with zero attached hydrogens (tertiary/aromatic N) is 4. The fourth-order valence-electron chi connectivity index (χ4n) is 5.49. The highest BCUT2D eigenvalue weighted by atomic mass is 32.2. The van der Waals surface area contributed by atoms with Gasteiger partial charge in [0.25, 0.3) is 11.9 Å². The number of aromatic amines is 1. The van der Waals surface area contributed by atoms with Gasteiger partial charge in [0, 0.05) is 23.2 Å². The second-order valence-electron chi connectivity index (χ2n) is 11.5. The number of anilines is 3. The standard InChI is InChI=1S/C33H39N7O5S/c1-3-4-20-45-29-19-16-27(21-30(29)46(2,43)44)34-33(42)40(28-17-14-25(15-18-28)24-8-6-5-7-9-24)22-23-10-12-26(13-11-23)31(41)35-32-36-38-39-37-32/h10-19,21,24H,3-9,20,22H2,1-2H3,(H,34,42)(H2,35,36,37,38,39,41). The lowest BCUT2D eigenvalue weighted by atomic mass is 9.84. The molecule has 3 N–H and O–H groups in total. The van der Waals surface area contributed by atoms with Gasteiger partial charge in [-0.3, -0.25) is 15.0 Å². The number of ether oxygens (including phenoxy) is 1. The summed E-state index contributed by atoms with van der Waals surface area (Å²) in [6.45, 7) is 2.61. The SMILES string of the molecule is CCCCOc1ccc(NC(=O)N(Cc2ccc(C(=O)Nc3nn[nH]n3)cc2)c2ccc(C3CCCCC3)cc2)cc1S(C)(=O)=O. The molecule has 1 aliphatic carbocycles. The summed E-state index contributed by atoms with van der Waals surface area (Å²) in [5.74, 6) is 0.439. The molecule has 5 rings (SSSR count). The number of carbonyl (C=O) groups is 2. The number of benzene rings is 3. The molecule has 0 aliphatic heterocycles. The lowest BCUT2D eigenvalue weighted by molar-refractivity contribution is 0.102. The summed E-state index contributed by atoms with van der Waals surface area (Å²) in [5.41, 5.74) is 3.43. The van der Waals surface area contributed by atoms with E-state index in [1.165, 1.54) is 30.9 Å². The smallest absolute Gasteiger partial charge is 0.326 e. The molecule has 1 aliphatic rings. The lowest BCUT2D eigenvalue weighted by Crippen LogP contribution is -2.34. The zero-order valence-electron chi connectivity index (χ0n) is 26.0. The van der Waals surface area contributed by atoms with Gasteiger partial charge in [0.2, 0.25) is 0 Å². The Balaban J connectivity index is 1.38. The van der Waals surface area contributed by atoms with E-state index in [2.05, 4.69) is 43.4 Å². The van der Waals surface area contributed by atoms with Crippen molar-refractivity contribution in [2.75, 3.05) is 28.4 Å². The number of hydrogen-bond donors (Lipinski definition) is 3. The highest BCUT2D eigenvalue weighted by molar-refractivity contribution is 7.90. The van der Waals surface area contributed by atoms with E-state index in [1.807, 2.05) is 19.1 Å². The molecular weight excluding hydrogens is 606 g/mol. The second-order valence-corrected chi connectivity index (χ2v) is 13.4. The van der Waals surface area contributed by atoms with Gasteiger partial charge < -0.3 is 10.1 Å². The average molecular weight is 646 g/mol. The van der Waals surface area contributed by atoms with Gasteiger partial charge in [-0.2, -0.15) is 5.21 Å². The minimum absolute atomic E-state index is 0.0134. The van der Waals surface area contributed by atoms with Crippen molar-refractivity contribution in [1.29, 1.82) is 0 Å². The summed E-state index contributed by atoms with van der Waals surface area (Å²) in [6, 6.07) is 19.1. The van der Waals surface area contributed by atoms with Crippen LogP contribution in [-0.4, -0.2) is 53.8 Å². The summed E-state index contributed by atoms with van der Waals surface area (Å²) in [7, 11) is -3.63. The number of hydrogen-bond acceptors (Lipinski definition) is 8. The van der Waals surface area contributed by atoms with Crippen LogP contribution in [0.1, 0.15) is 79.3 Å². The monoisotopic (exact) mass is 645 g/mol. The number of tetrazole rings is 1. The highest BCUT2D eigenvalue weighted by Crippen LogP contribution is 2.34. The Bertz CT molecular complexity index is 1720. The van der Waals surface area contributed by atoms with Crippen molar-refractivity contribution in [3.63, 3.8) is 0 Å². The molecule has 12 nitrogen and oxygen atoms in total. The molecule has 46 heavy (non-hydrogen) atoms. The highest BCUT2D eigenvalue weighted by Gasteiger charge is 2.22. The van der Waals surface area contributed by atoms with Crippen LogP contribution in [0.4, 0.5) is 22.1 Å². The number of nitrogens with one attached hydrogen (secondary N) is 3. The van der Waals surface area contributed by atoms with Crippen LogP contribution in [0.3, 0.4) is 0 Å². The normalized spacial score (nSPS) is 13.6. The molecule has 0 radical (unpaired) electrons. The topological polar surface area (TPSA) is 159 Å². The Kier molecular flexibility index (Phi) is 10.6. The Morgan fingerprint density at radius 3 is 2.37 bits per heavy atom. The summed E-state index contributed by atoms with van der Waals surface area (Å²) >= 11 is 0. The van der Waals surface area contributed by atoms with Crippen molar-refractivity contribution in [2.45, 2.75) is 69.2 Å². The molecular formula is C33H39N7O5S. The van der Waals surface area contributed by atoms with E-state index >= 15 is 0 Å². The average Bonchev–Trinajstić information content (AvgIpc) is 3.57. The van der Waals surface area contributed by atoms with Crippen LogP contribution in [0.5, 0.6) is 5.75 Å². The number of amides is 3. The molecule has 0 spiro atoms. The van der Waals surface area contributed by atoms with Crippen LogP contribution in [0, 0.1) is 0 Å². The summed E-state index contributed by atoms with van der Waals surface area (Å²) in [4.78, 5) is 28.0. The summed E-state index contributed by atoms with van der Waals surface area (Å²) in [6.07, 6.45) is 8.87. The van der Waals surface area contributed by atoms with Crippen LogP contribution >= 0.6 is 0 Å². The van der Waals surface area contributed by atoms with Crippen LogP contribution in [-0.2, 0) is 16.4 Å². The van der Waals surface area contributed by atoms with Gasteiger partial charge in [-0.1, -0.05) is 62.0 Å². The predicted octanol–water partition coefficient (Wildman–Crippen LogP) is 6.32. The fraction of sp³-hybridized carbons (Fsp3) is 0.364. The number of unbranched alkanes of at least 4 members (excludes halogenated alkanes) is 1. The van der Waals surface area contributed by atoms with Gasteiger partial charge in [-0.05, 0) is 84.0 Å². The number of H-pyrrole nitrogens is 1. The molecule has 0 atom stereocenters. The minimum Gasteiger partial charge on any atom is -0.492 e. The third-order valence-electron chi connectivity index (χ3n) is 8.00. The zero-order valence-corrected chi connectivity index (χ0v) is 26.8. The van der Waals surface area contributed by atoms with Gasteiger partial charge in [-0.15, -0.1) is 5.10 Å². The maximum atomic E-state index is 13.9. The van der Waals surface area contributed by atoms with Gasteiger partial charge in [0.1, 0.15) is 10.6 Å². The van der Waals surface area contributed by atoms with Crippen LogP contribution < -0.4 is 20.3 Å². The Hall–Kier alpha value is -4.78. The van der Waals surface area contributed by atoms with E-state index in [4.69, 9.17) is 4.74 Å². The number of rotatable bonds is 12. The van der Waals surface area contributed by atoms with Crippen molar-refractivity contribution in [3.05, 3.63) is 83.4 Å². The van der Waals surface area contributed by atoms with E-state index in [-0.39, 0.29) is 23.1 Å². The van der Waals surface area contributed by atoms with Crippen molar-refractivity contribution in [3.8, 4) is 5.75 Å². The van der Waals surface area contributed by atoms with Crippen molar-refractivity contribution < 1.29 is 22.7 Å². The molecule has 1 aromatic heterocycles. The first-order valence-electron chi connectivity index (χ1n) is 15.5. The third-order valence-corrected chi connectivity index (χ3v) is 9.12. The maximum absolute atomic E-state index is 13.9. The summed E-state index contributed by atoms with van der Waals surface area (Å²) < 4.78 is 30.9. The maximum Gasteiger partial charge on any atom is 0.326 e. The van der Waals surface area contributed by atoms with Gasteiger partial charge in [-0.25, -0.2) is 13.2 Å². The second kappa shape index (κ2) is 15.0. The Morgan fingerprint density at radius 1 is 0.978 bits per heavy atom. The molecule has 1 fully saturated rings. The lowest BCUT2D eigenvalue weighted by Gasteiger charge is -2.26.